The second-order valence-electron chi connectivity index (χ2n) is 5.05. The van der Waals surface area contributed by atoms with E-state index in [1.165, 1.54) is 0 Å². The van der Waals surface area contributed by atoms with E-state index in [2.05, 4.69) is 32.2 Å². The molecule has 0 spiro atoms. The summed E-state index contributed by atoms with van der Waals surface area (Å²) in [6, 6.07) is 2.23. The molecule has 2 aromatic rings. The van der Waals surface area contributed by atoms with Crippen molar-refractivity contribution in [3.05, 3.63) is 24.0 Å². The number of nitrogens with zero attached hydrogens (tertiary/aromatic N) is 4. The van der Waals surface area contributed by atoms with E-state index in [-0.39, 0.29) is 6.10 Å². The van der Waals surface area contributed by atoms with Crippen LogP contribution in [-0.4, -0.2) is 32.6 Å². The molecule has 6 heteroatoms. The van der Waals surface area contributed by atoms with Gasteiger partial charge in [0.1, 0.15) is 0 Å². The van der Waals surface area contributed by atoms with Gasteiger partial charge in [0.2, 0.25) is 5.95 Å². The Morgan fingerprint density at radius 1 is 1.24 bits per heavy atom. The number of pyridine rings is 1. The van der Waals surface area contributed by atoms with Crippen LogP contribution in [-0.2, 0) is 0 Å². The number of ether oxygens (including phenoxy) is 1. The lowest BCUT2D eigenvalue weighted by molar-refractivity contribution is 0.222. The van der Waals surface area contributed by atoms with Gasteiger partial charge in [0.05, 0.1) is 6.10 Å². The third-order valence-electron chi connectivity index (χ3n) is 2.75. The van der Waals surface area contributed by atoms with Gasteiger partial charge >= 0.3 is 6.01 Å². The maximum Gasteiger partial charge on any atom is 0.322 e. The van der Waals surface area contributed by atoms with Crippen molar-refractivity contribution >= 4 is 5.95 Å². The van der Waals surface area contributed by atoms with Gasteiger partial charge in [-0.05, 0) is 38.8 Å². The van der Waals surface area contributed by atoms with Crippen molar-refractivity contribution in [1.29, 1.82) is 0 Å². The molecule has 0 aliphatic heterocycles. The molecule has 0 aromatic carbocycles. The van der Waals surface area contributed by atoms with E-state index in [1.807, 2.05) is 26.8 Å². The standard InChI is InChI=1S/C15H21N5O/c1-5-7-17-14-18-13(12-6-8-16-9-11(12)4)19-15(20-14)21-10(2)3/h6,8-10H,5,7H2,1-4H3,(H,17,18,19,20). The molecule has 0 aliphatic carbocycles. The lowest BCUT2D eigenvalue weighted by atomic mass is 10.1. The molecule has 0 atom stereocenters. The maximum atomic E-state index is 5.62. The zero-order valence-electron chi connectivity index (χ0n) is 12.9. The zero-order valence-corrected chi connectivity index (χ0v) is 12.9. The molecule has 112 valence electrons. The Morgan fingerprint density at radius 2 is 2.05 bits per heavy atom. The Kier molecular flexibility index (Phi) is 5.03. The number of aryl methyl sites for hydroxylation is 1. The summed E-state index contributed by atoms with van der Waals surface area (Å²) >= 11 is 0. The van der Waals surface area contributed by atoms with Crippen LogP contribution in [0.1, 0.15) is 32.8 Å². The topological polar surface area (TPSA) is 72.8 Å². The van der Waals surface area contributed by atoms with Gasteiger partial charge < -0.3 is 10.1 Å². The third-order valence-corrected chi connectivity index (χ3v) is 2.75. The molecule has 6 nitrogen and oxygen atoms in total. The minimum atomic E-state index is 0.0119. The van der Waals surface area contributed by atoms with Gasteiger partial charge in [-0.25, -0.2) is 0 Å². The molecule has 0 radical (unpaired) electrons. The van der Waals surface area contributed by atoms with Crippen LogP contribution in [0.2, 0.25) is 0 Å². The number of hydrogen-bond donors (Lipinski definition) is 1. The zero-order chi connectivity index (χ0) is 15.2. The minimum absolute atomic E-state index is 0.0119. The fourth-order valence-electron chi connectivity index (χ4n) is 1.78. The van der Waals surface area contributed by atoms with Crippen molar-refractivity contribution in [1.82, 2.24) is 19.9 Å². The predicted octanol–water partition coefficient (Wildman–Crippen LogP) is 2.85. The quantitative estimate of drug-likeness (QED) is 0.880. The third kappa shape index (κ3) is 4.11. The highest BCUT2D eigenvalue weighted by Gasteiger charge is 2.12. The molecule has 0 fully saturated rings. The van der Waals surface area contributed by atoms with Crippen molar-refractivity contribution in [2.45, 2.75) is 40.2 Å². The van der Waals surface area contributed by atoms with Gasteiger partial charge in [0.25, 0.3) is 0 Å². The highest BCUT2D eigenvalue weighted by atomic mass is 16.5. The maximum absolute atomic E-state index is 5.62. The lowest BCUT2D eigenvalue weighted by Gasteiger charge is -2.12. The van der Waals surface area contributed by atoms with Gasteiger partial charge in [-0.2, -0.15) is 15.0 Å². The number of aromatic nitrogens is 4. The second-order valence-corrected chi connectivity index (χ2v) is 5.05. The Bertz CT molecular complexity index is 600. The van der Waals surface area contributed by atoms with E-state index in [0.29, 0.717) is 17.8 Å². The monoisotopic (exact) mass is 287 g/mol. The molecule has 2 aromatic heterocycles. The molecular weight excluding hydrogens is 266 g/mol. The van der Waals surface area contributed by atoms with Gasteiger partial charge in [-0.1, -0.05) is 6.92 Å². The first-order valence-electron chi connectivity index (χ1n) is 7.17. The molecule has 21 heavy (non-hydrogen) atoms. The van der Waals surface area contributed by atoms with Gasteiger partial charge in [0, 0.05) is 24.5 Å². The minimum Gasteiger partial charge on any atom is -0.461 e. The van der Waals surface area contributed by atoms with E-state index in [0.717, 1.165) is 24.1 Å². The molecule has 2 rings (SSSR count). The summed E-state index contributed by atoms with van der Waals surface area (Å²) in [5.41, 5.74) is 1.95. The Hall–Kier alpha value is -2.24. The molecule has 2 heterocycles. The van der Waals surface area contributed by atoms with E-state index < -0.39 is 0 Å². The number of anilines is 1. The largest absolute Gasteiger partial charge is 0.461 e. The molecule has 0 bridgehead atoms. The second kappa shape index (κ2) is 6.97. The van der Waals surface area contributed by atoms with Crippen LogP contribution in [0.15, 0.2) is 18.5 Å². The van der Waals surface area contributed by atoms with Crippen LogP contribution < -0.4 is 10.1 Å². The van der Waals surface area contributed by atoms with E-state index >= 15 is 0 Å². The van der Waals surface area contributed by atoms with E-state index in [4.69, 9.17) is 4.74 Å². The summed E-state index contributed by atoms with van der Waals surface area (Å²) < 4.78 is 5.62. The first-order valence-corrected chi connectivity index (χ1v) is 7.17. The highest BCUT2D eigenvalue weighted by molar-refractivity contribution is 5.60. The van der Waals surface area contributed by atoms with Gasteiger partial charge in [-0.3, -0.25) is 4.98 Å². The van der Waals surface area contributed by atoms with Crippen molar-refractivity contribution in [3.8, 4) is 17.4 Å². The molecule has 0 aliphatic rings. The molecule has 0 unspecified atom stereocenters. The molecular formula is C15H21N5O. The lowest BCUT2D eigenvalue weighted by Crippen LogP contribution is -2.12. The van der Waals surface area contributed by atoms with Gasteiger partial charge in [-0.15, -0.1) is 0 Å². The van der Waals surface area contributed by atoms with Crippen LogP contribution in [0.3, 0.4) is 0 Å². The van der Waals surface area contributed by atoms with Crippen LogP contribution in [0.5, 0.6) is 6.01 Å². The summed E-state index contributed by atoms with van der Waals surface area (Å²) in [6.45, 7) is 8.77. The summed E-state index contributed by atoms with van der Waals surface area (Å²) in [4.78, 5) is 17.3. The van der Waals surface area contributed by atoms with Crippen molar-refractivity contribution in [2.75, 3.05) is 11.9 Å². The first kappa shape index (κ1) is 15.2. The normalized spacial score (nSPS) is 10.7. The number of hydrogen-bond acceptors (Lipinski definition) is 6. The molecule has 0 saturated carbocycles. The smallest absolute Gasteiger partial charge is 0.322 e. The number of nitrogens with one attached hydrogen (secondary N) is 1. The van der Waals surface area contributed by atoms with Crippen LogP contribution in [0.4, 0.5) is 5.95 Å². The van der Waals surface area contributed by atoms with Crippen molar-refractivity contribution in [2.24, 2.45) is 0 Å². The first-order chi connectivity index (χ1) is 10.1. The average molecular weight is 287 g/mol. The van der Waals surface area contributed by atoms with Crippen molar-refractivity contribution in [3.63, 3.8) is 0 Å². The van der Waals surface area contributed by atoms with E-state index in [1.54, 1.807) is 12.4 Å². The SMILES string of the molecule is CCCNc1nc(OC(C)C)nc(-c2ccncc2C)n1. The van der Waals surface area contributed by atoms with E-state index in [9.17, 15) is 0 Å². The Morgan fingerprint density at radius 3 is 2.71 bits per heavy atom. The van der Waals surface area contributed by atoms with Crippen molar-refractivity contribution < 1.29 is 4.74 Å². The molecule has 0 amide bonds. The Balaban J connectivity index is 2.41. The van der Waals surface area contributed by atoms with Gasteiger partial charge in [0.15, 0.2) is 5.82 Å². The fraction of sp³-hybridized carbons (Fsp3) is 0.467. The summed E-state index contributed by atoms with van der Waals surface area (Å²) in [5, 5.41) is 3.18. The predicted molar refractivity (Wildman–Crippen MR) is 82.3 cm³/mol. The van der Waals surface area contributed by atoms with Crippen LogP contribution in [0.25, 0.3) is 11.4 Å². The highest BCUT2D eigenvalue weighted by Crippen LogP contribution is 2.21. The number of rotatable bonds is 6. The summed E-state index contributed by atoms with van der Waals surface area (Å²) in [6.07, 6.45) is 4.53. The average Bonchev–Trinajstić information content (AvgIpc) is 2.44. The Labute approximate surface area is 125 Å². The summed E-state index contributed by atoms with van der Waals surface area (Å²) in [5.74, 6) is 1.13. The molecule has 0 saturated heterocycles. The summed E-state index contributed by atoms with van der Waals surface area (Å²) in [7, 11) is 0. The fourth-order valence-corrected chi connectivity index (χ4v) is 1.78. The van der Waals surface area contributed by atoms with Crippen LogP contribution in [0, 0.1) is 6.92 Å². The molecule has 1 N–H and O–H groups in total. The van der Waals surface area contributed by atoms with Crippen LogP contribution >= 0.6 is 0 Å².